The highest BCUT2D eigenvalue weighted by Crippen LogP contribution is 2.19. The molecule has 0 atom stereocenters. The summed E-state index contributed by atoms with van der Waals surface area (Å²) in [5.41, 5.74) is 1.87. The van der Waals surface area contributed by atoms with Crippen molar-refractivity contribution in [2.45, 2.75) is 32.1 Å². The normalized spacial score (nSPS) is 14.5. The van der Waals surface area contributed by atoms with E-state index in [2.05, 4.69) is 31.6 Å². The Morgan fingerprint density at radius 2 is 2.17 bits per heavy atom. The van der Waals surface area contributed by atoms with E-state index in [-0.39, 0.29) is 5.91 Å². The number of carbonyl (C=O) groups excluding carboxylic acids is 1. The van der Waals surface area contributed by atoms with Gasteiger partial charge in [0.15, 0.2) is 0 Å². The predicted molar refractivity (Wildman–Crippen MR) is 92.6 cm³/mol. The van der Waals surface area contributed by atoms with Gasteiger partial charge >= 0.3 is 0 Å². The molecule has 6 heteroatoms. The minimum atomic E-state index is -0.139. The zero-order valence-electron chi connectivity index (χ0n) is 14.1. The molecule has 1 aromatic rings. The van der Waals surface area contributed by atoms with Crippen LogP contribution in [-0.2, 0) is 0 Å². The Bertz CT molecular complexity index is 542. The number of hydrogen-bond acceptors (Lipinski definition) is 5. The van der Waals surface area contributed by atoms with Crippen molar-refractivity contribution in [1.82, 2.24) is 20.2 Å². The van der Waals surface area contributed by atoms with E-state index in [0.29, 0.717) is 18.2 Å². The molecule has 2 N–H and O–H groups in total. The molecule has 0 radical (unpaired) electrons. The zero-order valence-corrected chi connectivity index (χ0v) is 14.1. The lowest BCUT2D eigenvalue weighted by Gasteiger charge is -2.13. The Balaban J connectivity index is 1.78. The Morgan fingerprint density at radius 3 is 2.91 bits per heavy atom. The van der Waals surface area contributed by atoms with E-state index >= 15 is 0 Å². The second-order valence-corrected chi connectivity index (χ2v) is 6.11. The lowest BCUT2D eigenvalue weighted by atomic mass is 9.97. The summed E-state index contributed by atoms with van der Waals surface area (Å²) in [6.45, 7) is 2.29. The highest BCUT2D eigenvalue weighted by atomic mass is 16.1. The molecule has 0 saturated heterocycles. The quantitative estimate of drug-likeness (QED) is 0.718. The fourth-order valence-electron chi connectivity index (χ4n) is 2.52. The summed E-state index contributed by atoms with van der Waals surface area (Å²) >= 11 is 0. The first-order valence-corrected chi connectivity index (χ1v) is 8.33. The molecule has 1 aliphatic rings. The highest BCUT2D eigenvalue weighted by Gasteiger charge is 2.09. The molecule has 23 heavy (non-hydrogen) atoms. The van der Waals surface area contributed by atoms with Crippen LogP contribution in [0.3, 0.4) is 0 Å². The molecule has 0 unspecified atom stereocenters. The number of anilines is 1. The molecule has 0 aromatic carbocycles. The maximum atomic E-state index is 12.2. The van der Waals surface area contributed by atoms with Crippen LogP contribution in [0.4, 0.5) is 5.95 Å². The van der Waals surface area contributed by atoms with Gasteiger partial charge in [0.05, 0.1) is 0 Å². The van der Waals surface area contributed by atoms with E-state index in [9.17, 15) is 4.79 Å². The van der Waals surface area contributed by atoms with Crippen LogP contribution in [0.2, 0.25) is 0 Å². The van der Waals surface area contributed by atoms with E-state index in [1.54, 1.807) is 12.3 Å². The van der Waals surface area contributed by atoms with Gasteiger partial charge in [-0.3, -0.25) is 4.79 Å². The first-order valence-electron chi connectivity index (χ1n) is 8.33. The first-order chi connectivity index (χ1) is 11.1. The number of carbonyl (C=O) groups is 1. The minimum Gasteiger partial charge on any atom is -0.353 e. The van der Waals surface area contributed by atoms with Crippen LogP contribution in [0.5, 0.6) is 0 Å². The maximum absolute atomic E-state index is 12.2. The lowest BCUT2D eigenvalue weighted by Crippen LogP contribution is -2.26. The summed E-state index contributed by atoms with van der Waals surface area (Å²) in [7, 11) is 4.02. The summed E-state index contributed by atoms with van der Waals surface area (Å²) in [5, 5.41) is 6.07. The summed E-state index contributed by atoms with van der Waals surface area (Å²) < 4.78 is 0. The third kappa shape index (κ3) is 6.36. The Kier molecular flexibility index (Phi) is 7.00. The van der Waals surface area contributed by atoms with E-state index in [1.165, 1.54) is 31.3 Å². The van der Waals surface area contributed by atoms with E-state index < -0.39 is 0 Å². The van der Waals surface area contributed by atoms with Crippen molar-refractivity contribution in [3.8, 4) is 0 Å². The van der Waals surface area contributed by atoms with Crippen molar-refractivity contribution >= 4 is 11.9 Å². The van der Waals surface area contributed by atoms with Gasteiger partial charge in [0.1, 0.15) is 5.69 Å². The fourth-order valence-corrected chi connectivity index (χ4v) is 2.52. The summed E-state index contributed by atoms with van der Waals surface area (Å²) in [4.78, 5) is 22.6. The number of nitrogens with zero attached hydrogens (tertiary/aromatic N) is 3. The summed E-state index contributed by atoms with van der Waals surface area (Å²) in [6.07, 6.45) is 9.77. The molecule has 1 amide bonds. The van der Waals surface area contributed by atoms with E-state index in [1.807, 2.05) is 14.1 Å². The maximum Gasteiger partial charge on any atom is 0.270 e. The Hall–Kier alpha value is -1.95. The molecule has 1 aromatic heterocycles. The zero-order chi connectivity index (χ0) is 16.5. The number of hydrogen-bond donors (Lipinski definition) is 2. The molecule has 1 heterocycles. The molecule has 0 aliphatic heterocycles. The molecule has 0 fully saturated rings. The van der Waals surface area contributed by atoms with Gasteiger partial charge in [-0.15, -0.1) is 0 Å². The first kappa shape index (κ1) is 17.4. The predicted octanol–water partition coefficient (Wildman–Crippen LogP) is 2.07. The Morgan fingerprint density at radius 1 is 1.30 bits per heavy atom. The van der Waals surface area contributed by atoms with Gasteiger partial charge < -0.3 is 15.5 Å². The Labute approximate surface area is 138 Å². The van der Waals surface area contributed by atoms with Crippen LogP contribution < -0.4 is 10.6 Å². The van der Waals surface area contributed by atoms with Crippen LogP contribution in [0.25, 0.3) is 0 Å². The SMILES string of the molecule is CN(C)CCNc1nccc(C(=O)NCCC2=CCCCC2)n1. The molecule has 2 rings (SSSR count). The van der Waals surface area contributed by atoms with E-state index in [4.69, 9.17) is 0 Å². The van der Waals surface area contributed by atoms with Gasteiger partial charge in [0.25, 0.3) is 5.91 Å². The van der Waals surface area contributed by atoms with Crippen molar-refractivity contribution in [2.75, 3.05) is 39.0 Å². The molecular weight excluding hydrogens is 290 g/mol. The molecule has 126 valence electrons. The minimum absolute atomic E-state index is 0.139. The molecule has 1 aliphatic carbocycles. The fraction of sp³-hybridized carbons (Fsp3) is 0.588. The largest absolute Gasteiger partial charge is 0.353 e. The third-order valence-electron chi connectivity index (χ3n) is 3.85. The van der Waals surface area contributed by atoms with Crippen LogP contribution in [0, 0.1) is 0 Å². The number of rotatable bonds is 8. The van der Waals surface area contributed by atoms with Gasteiger partial charge in [-0.25, -0.2) is 9.97 Å². The van der Waals surface area contributed by atoms with E-state index in [0.717, 1.165) is 19.5 Å². The molecule has 0 spiro atoms. The summed E-state index contributed by atoms with van der Waals surface area (Å²) in [5.74, 6) is 0.356. The van der Waals surface area contributed by atoms with Gasteiger partial charge in [-0.1, -0.05) is 11.6 Å². The van der Waals surface area contributed by atoms with Crippen molar-refractivity contribution < 1.29 is 4.79 Å². The van der Waals surface area contributed by atoms with Crippen LogP contribution in [-0.4, -0.2) is 54.5 Å². The second-order valence-electron chi connectivity index (χ2n) is 6.11. The molecule has 6 nitrogen and oxygen atoms in total. The number of nitrogens with one attached hydrogen (secondary N) is 2. The third-order valence-corrected chi connectivity index (χ3v) is 3.85. The smallest absolute Gasteiger partial charge is 0.270 e. The van der Waals surface area contributed by atoms with Crippen LogP contribution in [0.15, 0.2) is 23.9 Å². The van der Waals surface area contributed by atoms with Gasteiger partial charge in [-0.2, -0.15) is 0 Å². The van der Waals surface area contributed by atoms with Crippen molar-refractivity contribution in [3.05, 3.63) is 29.6 Å². The van der Waals surface area contributed by atoms with Crippen molar-refractivity contribution in [2.24, 2.45) is 0 Å². The number of amides is 1. The molecule has 0 bridgehead atoms. The van der Waals surface area contributed by atoms with Crippen LogP contribution in [0.1, 0.15) is 42.6 Å². The number of likely N-dealkylation sites (N-methyl/N-ethyl adjacent to an activating group) is 1. The van der Waals surface area contributed by atoms with Gasteiger partial charge in [-0.05, 0) is 52.3 Å². The molecular formula is C17H27N5O. The monoisotopic (exact) mass is 317 g/mol. The van der Waals surface area contributed by atoms with Crippen molar-refractivity contribution in [1.29, 1.82) is 0 Å². The molecule has 0 saturated carbocycles. The number of allylic oxidation sites excluding steroid dienone is 1. The summed E-state index contributed by atoms with van der Waals surface area (Å²) in [6, 6.07) is 1.65. The highest BCUT2D eigenvalue weighted by molar-refractivity contribution is 5.92. The van der Waals surface area contributed by atoms with Crippen molar-refractivity contribution in [3.63, 3.8) is 0 Å². The average molecular weight is 317 g/mol. The standard InChI is InChI=1S/C17H27N5O/c1-22(2)13-12-20-17-19-11-9-15(21-17)16(23)18-10-8-14-6-4-3-5-7-14/h6,9,11H,3-5,7-8,10,12-13H2,1-2H3,(H,18,23)(H,19,20,21). The number of aromatic nitrogens is 2. The average Bonchev–Trinajstić information content (AvgIpc) is 2.56. The second kappa shape index (κ2) is 9.25. The topological polar surface area (TPSA) is 70.2 Å². The lowest BCUT2D eigenvalue weighted by molar-refractivity contribution is 0.0949. The van der Waals surface area contributed by atoms with Gasteiger partial charge in [0.2, 0.25) is 5.95 Å². The van der Waals surface area contributed by atoms with Crippen LogP contribution >= 0.6 is 0 Å². The van der Waals surface area contributed by atoms with Gasteiger partial charge in [0, 0.05) is 25.8 Å².